The Bertz CT molecular complexity index is 399. The molecule has 92 valence electrons. The Morgan fingerprint density at radius 3 is 2.94 bits per heavy atom. The molecule has 5 heteroatoms. The Morgan fingerprint density at radius 2 is 2.24 bits per heavy atom. The highest BCUT2D eigenvalue weighted by molar-refractivity contribution is 5.33. The first-order valence-electron chi connectivity index (χ1n) is 6.29. The molecule has 3 rings (SSSR count). The normalized spacial score (nSPS) is 23.7. The van der Waals surface area contributed by atoms with Crippen LogP contribution in [0.5, 0.6) is 5.88 Å². The summed E-state index contributed by atoms with van der Waals surface area (Å²) in [7, 11) is 0. The second kappa shape index (κ2) is 4.49. The van der Waals surface area contributed by atoms with Crippen LogP contribution in [0.3, 0.4) is 0 Å². The number of ether oxygens (including phenoxy) is 1. The van der Waals surface area contributed by atoms with Gasteiger partial charge in [0.2, 0.25) is 11.8 Å². The van der Waals surface area contributed by atoms with Gasteiger partial charge in [-0.15, -0.1) is 0 Å². The van der Waals surface area contributed by atoms with E-state index in [2.05, 4.69) is 20.6 Å². The van der Waals surface area contributed by atoms with Gasteiger partial charge in [0, 0.05) is 24.3 Å². The van der Waals surface area contributed by atoms with Gasteiger partial charge in [-0.1, -0.05) is 0 Å². The van der Waals surface area contributed by atoms with Crippen LogP contribution in [-0.4, -0.2) is 35.2 Å². The molecule has 0 aromatic carbocycles. The van der Waals surface area contributed by atoms with Gasteiger partial charge in [-0.25, -0.2) is 4.98 Å². The second-order valence-electron chi connectivity index (χ2n) is 4.82. The minimum atomic E-state index is 0.248. The van der Waals surface area contributed by atoms with Crippen LogP contribution >= 0.6 is 0 Å². The molecule has 2 aliphatic rings. The number of rotatable bonds is 4. The summed E-state index contributed by atoms with van der Waals surface area (Å²) < 4.78 is 5.85. The van der Waals surface area contributed by atoms with E-state index in [-0.39, 0.29) is 6.10 Å². The third kappa shape index (κ3) is 2.85. The third-order valence-corrected chi connectivity index (χ3v) is 3.04. The SMILES string of the molecule is Cc1cc(OC2CCNC2)nc(NC2CC2)n1. The van der Waals surface area contributed by atoms with Gasteiger partial charge in [0.15, 0.2) is 0 Å². The predicted octanol–water partition coefficient (Wildman–Crippen LogP) is 1.10. The maximum absolute atomic E-state index is 5.85. The van der Waals surface area contributed by atoms with E-state index in [1.807, 2.05) is 13.0 Å². The van der Waals surface area contributed by atoms with Gasteiger partial charge < -0.3 is 15.4 Å². The van der Waals surface area contributed by atoms with E-state index in [0.29, 0.717) is 17.9 Å². The van der Waals surface area contributed by atoms with Crippen molar-refractivity contribution in [1.29, 1.82) is 0 Å². The molecule has 1 aliphatic heterocycles. The third-order valence-electron chi connectivity index (χ3n) is 3.04. The van der Waals surface area contributed by atoms with E-state index >= 15 is 0 Å². The summed E-state index contributed by atoms with van der Waals surface area (Å²) in [5, 5.41) is 6.58. The van der Waals surface area contributed by atoms with E-state index in [1.165, 1.54) is 12.8 Å². The summed E-state index contributed by atoms with van der Waals surface area (Å²) >= 11 is 0. The molecule has 1 aliphatic carbocycles. The number of anilines is 1. The summed E-state index contributed by atoms with van der Waals surface area (Å²) in [6, 6.07) is 2.47. The Morgan fingerprint density at radius 1 is 1.35 bits per heavy atom. The van der Waals surface area contributed by atoms with Crippen molar-refractivity contribution in [1.82, 2.24) is 15.3 Å². The van der Waals surface area contributed by atoms with Crippen molar-refractivity contribution in [3.05, 3.63) is 11.8 Å². The number of nitrogens with one attached hydrogen (secondary N) is 2. The fraction of sp³-hybridized carbons (Fsp3) is 0.667. The first-order chi connectivity index (χ1) is 8.29. The van der Waals surface area contributed by atoms with Crippen LogP contribution < -0.4 is 15.4 Å². The molecule has 1 saturated heterocycles. The highest BCUT2D eigenvalue weighted by atomic mass is 16.5. The molecule has 0 amide bonds. The highest BCUT2D eigenvalue weighted by Gasteiger charge is 2.23. The van der Waals surface area contributed by atoms with E-state index in [4.69, 9.17) is 4.74 Å². The number of aryl methyl sites for hydroxylation is 1. The fourth-order valence-corrected chi connectivity index (χ4v) is 1.97. The molecule has 1 saturated carbocycles. The van der Waals surface area contributed by atoms with Gasteiger partial charge in [-0.3, -0.25) is 0 Å². The van der Waals surface area contributed by atoms with Crippen molar-refractivity contribution in [3.8, 4) is 5.88 Å². The van der Waals surface area contributed by atoms with E-state index in [0.717, 1.165) is 25.2 Å². The lowest BCUT2D eigenvalue weighted by molar-refractivity contribution is 0.214. The molecule has 1 atom stereocenters. The van der Waals surface area contributed by atoms with Crippen LogP contribution in [0.15, 0.2) is 6.07 Å². The molecular formula is C12H18N4O. The topological polar surface area (TPSA) is 59.1 Å². The standard InChI is InChI=1S/C12H18N4O/c1-8-6-11(17-10-4-5-13-7-10)16-12(14-8)15-9-2-3-9/h6,9-10,13H,2-5,7H2,1H3,(H,14,15,16). The van der Waals surface area contributed by atoms with Crippen LogP contribution in [0.1, 0.15) is 25.0 Å². The van der Waals surface area contributed by atoms with Crippen molar-refractivity contribution < 1.29 is 4.74 Å². The molecule has 2 N–H and O–H groups in total. The van der Waals surface area contributed by atoms with Crippen molar-refractivity contribution in [2.75, 3.05) is 18.4 Å². The summed E-state index contributed by atoms with van der Waals surface area (Å²) in [6.07, 6.45) is 3.74. The molecule has 2 fully saturated rings. The summed E-state index contributed by atoms with van der Waals surface area (Å²) in [6.45, 7) is 3.91. The van der Waals surface area contributed by atoms with Gasteiger partial charge in [-0.2, -0.15) is 4.98 Å². The number of hydrogen-bond donors (Lipinski definition) is 2. The quantitative estimate of drug-likeness (QED) is 0.817. The molecule has 0 bridgehead atoms. The van der Waals surface area contributed by atoms with Gasteiger partial charge in [0.1, 0.15) is 6.10 Å². The van der Waals surface area contributed by atoms with Gasteiger partial charge in [0.25, 0.3) is 0 Å². The van der Waals surface area contributed by atoms with Crippen LogP contribution in [-0.2, 0) is 0 Å². The van der Waals surface area contributed by atoms with Crippen LogP contribution in [0, 0.1) is 6.92 Å². The van der Waals surface area contributed by atoms with Gasteiger partial charge in [0.05, 0.1) is 0 Å². The lowest BCUT2D eigenvalue weighted by Crippen LogP contribution is -2.20. The molecule has 1 aromatic rings. The zero-order valence-corrected chi connectivity index (χ0v) is 10.1. The molecule has 17 heavy (non-hydrogen) atoms. The van der Waals surface area contributed by atoms with Crippen molar-refractivity contribution in [2.24, 2.45) is 0 Å². The average molecular weight is 234 g/mol. The summed E-state index contributed by atoms with van der Waals surface area (Å²) in [5.41, 5.74) is 0.948. The van der Waals surface area contributed by atoms with Crippen molar-refractivity contribution in [3.63, 3.8) is 0 Å². The maximum atomic E-state index is 5.85. The summed E-state index contributed by atoms with van der Waals surface area (Å²) in [4.78, 5) is 8.78. The molecule has 0 radical (unpaired) electrons. The Kier molecular flexibility index (Phi) is 2.84. The van der Waals surface area contributed by atoms with Gasteiger partial charge in [-0.05, 0) is 32.7 Å². The lowest BCUT2D eigenvalue weighted by Gasteiger charge is -2.13. The smallest absolute Gasteiger partial charge is 0.226 e. The molecule has 2 heterocycles. The average Bonchev–Trinajstić information content (AvgIpc) is 2.92. The van der Waals surface area contributed by atoms with Gasteiger partial charge >= 0.3 is 0 Å². The molecule has 1 unspecified atom stereocenters. The van der Waals surface area contributed by atoms with Crippen LogP contribution in [0.4, 0.5) is 5.95 Å². The van der Waals surface area contributed by atoms with Crippen molar-refractivity contribution in [2.45, 2.75) is 38.3 Å². The molecule has 0 spiro atoms. The Balaban J connectivity index is 1.70. The van der Waals surface area contributed by atoms with E-state index in [1.54, 1.807) is 0 Å². The first kappa shape index (κ1) is 10.8. The fourth-order valence-electron chi connectivity index (χ4n) is 1.97. The van der Waals surface area contributed by atoms with Crippen LogP contribution in [0.2, 0.25) is 0 Å². The minimum absolute atomic E-state index is 0.248. The van der Waals surface area contributed by atoms with E-state index in [9.17, 15) is 0 Å². The number of nitrogens with zero attached hydrogens (tertiary/aromatic N) is 2. The zero-order chi connectivity index (χ0) is 11.7. The Labute approximate surface area is 101 Å². The van der Waals surface area contributed by atoms with Crippen LogP contribution in [0.25, 0.3) is 0 Å². The first-order valence-corrected chi connectivity index (χ1v) is 6.29. The lowest BCUT2D eigenvalue weighted by atomic mass is 10.3. The van der Waals surface area contributed by atoms with Crippen molar-refractivity contribution >= 4 is 5.95 Å². The second-order valence-corrected chi connectivity index (χ2v) is 4.82. The number of hydrogen-bond acceptors (Lipinski definition) is 5. The Hall–Kier alpha value is -1.36. The van der Waals surface area contributed by atoms with E-state index < -0.39 is 0 Å². The molecular weight excluding hydrogens is 216 g/mol. The number of aromatic nitrogens is 2. The largest absolute Gasteiger partial charge is 0.473 e. The maximum Gasteiger partial charge on any atom is 0.226 e. The predicted molar refractivity (Wildman–Crippen MR) is 65.3 cm³/mol. The summed E-state index contributed by atoms with van der Waals surface area (Å²) in [5.74, 6) is 1.39. The highest BCUT2D eigenvalue weighted by Crippen LogP contribution is 2.24. The molecule has 1 aromatic heterocycles. The monoisotopic (exact) mass is 234 g/mol. The minimum Gasteiger partial charge on any atom is -0.473 e. The zero-order valence-electron chi connectivity index (χ0n) is 10.1. The molecule has 5 nitrogen and oxygen atoms in total.